The Morgan fingerprint density at radius 3 is 2.47 bits per heavy atom. The number of nitrogens with zero attached hydrogens (tertiary/aromatic N) is 1. The molecule has 1 aliphatic heterocycles. The summed E-state index contributed by atoms with van der Waals surface area (Å²) >= 11 is 0. The molecule has 0 aromatic rings. The van der Waals surface area contributed by atoms with E-state index in [1.165, 1.54) is 64.5 Å². The number of rotatable bonds is 10. The predicted octanol–water partition coefficient (Wildman–Crippen LogP) is 3.32. The van der Waals surface area contributed by atoms with Crippen molar-refractivity contribution in [1.29, 1.82) is 0 Å². The van der Waals surface area contributed by atoms with Gasteiger partial charge >= 0.3 is 9.28 Å². The van der Waals surface area contributed by atoms with E-state index in [0.29, 0.717) is 0 Å². The molecule has 0 aromatic carbocycles. The minimum absolute atomic E-state index is 0.868. The Morgan fingerprint density at radius 2 is 1.79 bits per heavy atom. The zero-order valence-corrected chi connectivity index (χ0v) is 14.4. The van der Waals surface area contributed by atoms with E-state index < -0.39 is 9.28 Å². The molecule has 1 aliphatic rings. The Hall–Kier alpha value is 0.0969. The average Bonchev–Trinajstić information content (AvgIpc) is 2.47. The second-order valence-electron chi connectivity index (χ2n) is 5.70. The molecule has 1 heterocycles. The van der Waals surface area contributed by atoms with Crippen LogP contribution in [0.25, 0.3) is 0 Å². The molecule has 0 N–H and O–H groups in total. The Kier molecular flexibility index (Phi) is 9.78. The fourth-order valence-electron chi connectivity index (χ4n) is 3.13. The standard InChI is InChI=1S/C15H33NO2Si/c1-4-15-11-7-9-13-16(15)12-8-5-6-10-14-19(17-2)18-3/h15,19H,4-14H2,1-3H3. The second-order valence-corrected chi connectivity index (χ2v) is 8.08. The third-order valence-electron chi connectivity index (χ3n) is 4.38. The molecule has 1 rings (SSSR count). The first-order chi connectivity index (χ1) is 9.31. The zero-order chi connectivity index (χ0) is 13.9. The Bertz CT molecular complexity index is 212. The Morgan fingerprint density at radius 1 is 1.05 bits per heavy atom. The highest BCUT2D eigenvalue weighted by Gasteiger charge is 2.19. The summed E-state index contributed by atoms with van der Waals surface area (Å²) in [5.41, 5.74) is 0. The van der Waals surface area contributed by atoms with Gasteiger partial charge in [-0.2, -0.15) is 0 Å². The van der Waals surface area contributed by atoms with E-state index >= 15 is 0 Å². The molecular formula is C15H33NO2Si. The lowest BCUT2D eigenvalue weighted by molar-refractivity contribution is 0.141. The van der Waals surface area contributed by atoms with Crippen LogP contribution in [0, 0.1) is 0 Å². The summed E-state index contributed by atoms with van der Waals surface area (Å²) in [7, 11) is 2.26. The number of unbranched alkanes of at least 4 members (excludes halogenated alkanes) is 3. The molecule has 0 spiro atoms. The molecule has 1 unspecified atom stereocenters. The van der Waals surface area contributed by atoms with Gasteiger partial charge in [0, 0.05) is 20.3 Å². The van der Waals surface area contributed by atoms with Crippen molar-refractivity contribution < 1.29 is 8.85 Å². The van der Waals surface area contributed by atoms with Gasteiger partial charge in [-0.1, -0.05) is 32.6 Å². The smallest absolute Gasteiger partial charge is 0.320 e. The zero-order valence-electron chi connectivity index (χ0n) is 13.2. The van der Waals surface area contributed by atoms with E-state index in [1.807, 2.05) is 0 Å². The van der Waals surface area contributed by atoms with Crippen LogP contribution in [0.5, 0.6) is 0 Å². The summed E-state index contributed by atoms with van der Waals surface area (Å²) in [4.78, 5) is 2.73. The summed E-state index contributed by atoms with van der Waals surface area (Å²) in [6.45, 7) is 4.98. The van der Waals surface area contributed by atoms with Crippen LogP contribution in [-0.4, -0.2) is 47.5 Å². The first kappa shape index (κ1) is 17.1. The van der Waals surface area contributed by atoms with Gasteiger partial charge in [0.05, 0.1) is 0 Å². The fraction of sp³-hybridized carbons (Fsp3) is 1.00. The van der Waals surface area contributed by atoms with Crippen molar-refractivity contribution in [3.05, 3.63) is 0 Å². The molecule has 0 radical (unpaired) electrons. The van der Waals surface area contributed by atoms with Crippen LogP contribution in [0.1, 0.15) is 58.3 Å². The lowest BCUT2D eigenvalue weighted by Crippen LogP contribution is -2.39. The summed E-state index contributed by atoms with van der Waals surface area (Å²) in [6.07, 6.45) is 10.9. The summed E-state index contributed by atoms with van der Waals surface area (Å²) < 4.78 is 10.7. The van der Waals surface area contributed by atoms with Crippen LogP contribution in [0.4, 0.5) is 0 Å². The van der Waals surface area contributed by atoms with Crippen molar-refractivity contribution in [1.82, 2.24) is 4.90 Å². The molecule has 19 heavy (non-hydrogen) atoms. The molecule has 114 valence electrons. The van der Waals surface area contributed by atoms with Crippen molar-refractivity contribution in [2.45, 2.75) is 70.4 Å². The van der Waals surface area contributed by atoms with Crippen LogP contribution in [0.2, 0.25) is 6.04 Å². The summed E-state index contributed by atoms with van der Waals surface area (Å²) in [6, 6.07) is 2.03. The maximum absolute atomic E-state index is 5.34. The molecule has 1 saturated heterocycles. The van der Waals surface area contributed by atoms with Crippen molar-refractivity contribution >= 4 is 9.28 Å². The molecule has 0 bridgehead atoms. The van der Waals surface area contributed by atoms with Crippen LogP contribution >= 0.6 is 0 Å². The molecule has 1 atom stereocenters. The third-order valence-corrected chi connectivity index (χ3v) is 6.31. The minimum Gasteiger partial charge on any atom is -0.400 e. The molecule has 0 aliphatic carbocycles. The normalized spacial score (nSPS) is 21.2. The number of piperidine rings is 1. The number of likely N-dealkylation sites (tertiary alicyclic amines) is 1. The molecule has 4 heteroatoms. The van der Waals surface area contributed by atoms with E-state index in [1.54, 1.807) is 14.2 Å². The first-order valence-corrected chi connectivity index (χ1v) is 9.87. The first-order valence-electron chi connectivity index (χ1n) is 8.11. The SMILES string of the molecule is CCC1CCCCN1CCCCCC[SiH](OC)OC. The van der Waals surface area contributed by atoms with Crippen molar-refractivity contribution in [2.75, 3.05) is 27.3 Å². The summed E-state index contributed by atoms with van der Waals surface area (Å²) in [5, 5.41) is 0. The topological polar surface area (TPSA) is 21.7 Å². The molecule has 0 amide bonds. The Labute approximate surface area is 121 Å². The van der Waals surface area contributed by atoms with Crippen LogP contribution in [0.15, 0.2) is 0 Å². The van der Waals surface area contributed by atoms with E-state index in [9.17, 15) is 0 Å². The molecule has 3 nitrogen and oxygen atoms in total. The van der Waals surface area contributed by atoms with Gasteiger partial charge in [-0.3, -0.25) is 0 Å². The highest BCUT2D eigenvalue weighted by molar-refractivity contribution is 6.44. The number of hydrogen-bond acceptors (Lipinski definition) is 3. The van der Waals surface area contributed by atoms with Crippen LogP contribution in [0.3, 0.4) is 0 Å². The van der Waals surface area contributed by atoms with E-state index in [2.05, 4.69) is 11.8 Å². The van der Waals surface area contributed by atoms with Gasteiger partial charge in [0.25, 0.3) is 0 Å². The van der Waals surface area contributed by atoms with Gasteiger partial charge in [-0.25, -0.2) is 0 Å². The minimum atomic E-state index is -1.30. The lowest BCUT2D eigenvalue weighted by atomic mass is 9.99. The van der Waals surface area contributed by atoms with Crippen molar-refractivity contribution in [3.63, 3.8) is 0 Å². The third kappa shape index (κ3) is 6.89. The molecular weight excluding hydrogens is 254 g/mol. The van der Waals surface area contributed by atoms with Gasteiger partial charge in [0.1, 0.15) is 0 Å². The maximum Gasteiger partial charge on any atom is 0.320 e. The van der Waals surface area contributed by atoms with Gasteiger partial charge in [-0.15, -0.1) is 0 Å². The second kappa shape index (κ2) is 10.8. The quantitative estimate of drug-likeness (QED) is 0.454. The van der Waals surface area contributed by atoms with Gasteiger partial charge < -0.3 is 13.8 Å². The fourth-order valence-corrected chi connectivity index (χ4v) is 4.41. The van der Waals surface area contributed by atoms with Crippen LogP contribution in [-0.2, 0) is 8.85 Å². The number of hydrogen-bond donors (Lipinski definition) is 0. The molecule has 1 fully saturated rings. The van der Waals surface area contributed by atoms with Crippen molar-refractivity contribution in [2.24, 2.45) is 0 Å². The monoisotopic (exact) mass is 287 g/mol. The highest BCUT2D eigenvalue weighted by Crippen LogP contribution is 2.20. The van der Waals surface area contributed by atoms with Crippen LogP contribution < -0.4 is 0 Å². The molecule has 0 saturated carbocycles. The van der Waals surface area contributed by atoms with Gasteiger partial charge in [0.15, 0.2) is 0 Å². The van der Waals surface area contributed by atoms with Gasteiger partial charge in [-0.05, 0) is 44.8 Å². The summed E-state index contributed by atoms with van der Waals surface area (Å²) in [5.74, 6) is 0. The predicted molar refractivity (Wildman–Crippen MR) is 83.9 cm³/mol. The molecule has 0 aromatic heterocycles. The Balaban J connectivity index is 2.00. The highest BCUT2D eigenvalue weighted by atomic mass is 28.3. The van der Waals surface area contributed by atoms with E-state index in [4.69, 9.17) is 8.85 Å². The average molecular weight is 288 g/mol. The lowest BCUT2D eigenvalue weighted by Gasteiger charge is -2.35. The maximum atomic E-state index is 5.34. The largest absolute Gasteiger partial charge is 0.400 e. The van der Waals surface area contributed by atoms with Crippen molar-refractivity contribution in [3.8, 4) is 0 Å². The van der Waals surface area contributed by atoms with E-state index in [-0.39, 0.29) is 0 Å². The van der Waals surface area contributed by atoms with E-state index in [0.717, 1.165) is 12.1 Å². The van der Waals surface area contributed by atoms with Gasteiger partial charge in [0.2, 0.25) is 0 Å².